The number of anilines is 4. The number of hydrogen-bond acceptors (Lipinski definition) is 7. The summed E-state index contributed by atoms with van der Waals surface area (Å²) >= 11 is 0. The summed E-state index contributed by atoms with van der Waals surface area (Å²) in [6.45, 7) is 2.80. The number of carbonyl (C=O) groups is 1. The normalized spacial score (nSPS) is 18.8. The number of amides is 1. The summed E-state index contributed by atoms with van der Waals surface area (Å²) in [6.07, 6.45) is 10.8. The van der Waals surface area contributed by atoms with Crippen molar-refractivity contribution in [2.45, 2.75) is 25.0 Å². The molecule has 0 aliphatic carbocycles. The summed E-state index contributed by atoms with van der Waals surface area (Å²) < 4.78 is 0. The van der Waals surface area contributed by atoms with E-state index in [1.165, 1.54) is 19.3 Å². The first-order valence-electron chi connectivity index (χ1n) is 13.2. The first-order valence-corrected chi connectivity index (χ1v) is 13.2. The molecule has 0 bridgehead atoms. The van der Waals surface area contributed by atoms with E-state index < -0.39 is 5.79 Å². The number of likely N-dealkylation sites (N-methyl/N-ethyl adjacent to an activating group) is 1. The van der Waals surface area contributed by atoms with E-state index >= 15 is 0 Å². The van der Waals surface area contributed by atoms with E-state index in [0.717, 1.165) is 41.4 Å². The summed E-state index contributed by atoms with van der Waals surface area (Å²) in [5, 5.41) is 10.2. The van der Waals surface area contributed by atoms with Crippen molar-refractivity contribution in [2.75, 3.05) is 54.6 Å². The van der Waals surface area contributed by atoms with Crippen molar-refractivity contribution < 1.29 is 4.79 Å². The third-order valence-corrected chi connectivity index (χ3v) is 6.71. The topological polar surface area (TPSA) is 84.9 Å². The molecule has 8 nitrogen and oxygen atoms in total. The number of nitrogens with one attached hydrogen (secondary N) is 3. The molecule has 8 heteroatoms. The molecule has 3 heterocycles. The van der Waals surface area contributed by atoms with Crippen molar-refractivity contribution in [1.82, 2.24) is 9.88 Å². The number of aromatic nitrogens is 1. The van der Waals surface area contributed by atoms with E-state index in [1.54, 1.807) is 6.08 Å². The van der Waals surface area contributed by atoms with Crippen LogP contribution in [0.2, 0.25) is 0 Å². The van der Waals surface area contributed by atoms with Crippen LogP contribution in [0, 0.1) is 0 Å². The average Bonchev–Trinajstić information content (AvgIpc) is 2.94. The van der Waals surface area contributed by atoms with Crippen LogP contribution in [0.15, 0.2) is 84.0 Å². The standard InChI is InChI=1S/C30H35N7O/c1-36(2)17-9-14-29(38)33-25-12-8-11-24(20-25)30(32-21-23-10-4-5-13-27(23)35-30)34-26-15-16-28(31-22-26)37-18-6-3-7-19-37/h4-5,8-16,20-22,34-35H,3,6-7,17-19H2,1-2H3,(H,33,38)/b14-9+. The molecule has 2 aliphatic heterocycles. The number of benzene rings is 2. The fourth-order valence-corrected chi connectivity index (χ4v) is 4.75. The molecule has 2 aromatic carbocycles. The van der Waals surface area contributed by atoms with Crippen LogP contribution in [0.25, 0.3) is 0 Å². The van der Waals surface area contributed by atoms with Gasteiger partial charge in [0.05, 0.1) is 11.9 Å². The smallest absolute Gasteiger partial charge is 0.248 e. The molecule has 3 aromatic rings. The van der Waals surface area contributed by atoms with Crippen molar-refractivity contribution >= 4 is 35.0 Å². The number of nitrogens with zero attached hydrogens (tertiary/aromatic N) is 4. The summed E-state index contributed by atoms with van der Waals surface area (Å²) in [6, 6.07) is 19.9. The molecule has 3 N–H and O–H groups in total. The van der Waals surface area contributed by atoms with Gasteiger partial charge in [-0.25, -0.2) is 9.98 Å². The van der Waals surface area contributed by atoms with Gasteiger partial charge in [0, 0.05) is 54.4 Å². The van der Waals surface area contributed by atoms with Crippen molar-refractivity contribution in [3.63, 3.8) is 0 Å². The van der Waals surface area contributed by atoms with Gasteiger partial charge in [-0.15, -0.1) is 0 Å². The molecule has 5 rings (SSSR count). The second-order valence-corrected chi connectivity index (χ2v) is 9.99. The highest BCUT2D eigenvalue weighted by Gasteiger charge is 2.34. The van der Waals surface area contributed by atoms with Gasteiger partial charge >= 0.3 is 0 Å². The average molecular weight is 510 g/mol. The maximum atomic E-state index is 12.5. The predicted molar refractivity (Wildman–Crippen MR) is 156 cm³/mol. The molecular formula is C30H35N7O. The number of pyridine rings is 1. The molecule has 1 atom stereocenters. The molecule has 0 saturated carbocycles. The monoisotopic (exact) mass is 509 g/mol. The van der Waals surface area contributed by atoms with Crippen LogP contribution >= 0.6 is 0 Å². The summed E-state index contributed by atoms with van der Waals surface area (Å²) in [4.78, 5) is 26.5. The zero-order valence-corrected chi connectivity index (χ0v) is 22.0. The van der Waals surface area contributed by atoms with Gasteiger partial charge in [-0.3, -0.25) is 4.79 Å². The van der Waals surface area contributed by atoms with Crippen LogP contribution in [0.5, 0.6) is 0 Å². The molecule has 1 unspecified atom stereocenters. The molecule has 0 spiro atoms. The fourth-order valence-electron chi connectivity index (χ4n) is 4.75. The maximum absolute atomic E-state index is 12.5. The van der Waals surface area contributed by atoms with Crippen LogP contribution in [-0.2, 0) is 10.6 Å². The number of hydrogen-bond donors (Lipinski definition) is 3. The zero-order chi connectivity index (χ0) is 26.4. The lowest BCUT2D eigenvalue weighted by Gasteiger charge is -2.37. The van der Waals surface area contributed by atoms with Crippen molar-refractivity contribution in [2.24, 2.45) is 4.99 Å². The SMILES string of the molecule is CN(C)C/C=C/C(=O)Nc1cccc(C2(Nc3ccc(N4CCCCC4)nc3)N=Cc3ccccc3N2)c1. The largest absolute Gasteiger partial charge is 0.357 e. The number of para-hydroxylation sites is 1. The van der Waals surface area contributed by atoms with Crippen molar-refractivity contribution in [3.05, 3.63) is 90.1 Å². The van der Waals surface area contributed by atoms with Crippen LogP contribution in [0.1, 0.15) is 30.4 Å². The van der Waals surface area contributed by atoms with Crippen LogP contribution < -0.4 is 20.9 Å². The molecule has 1 fully saturated rings. The lowest BCUT2D eigenvalue weighted by molar-refractivity contribution is -0.111. The second-order valence-electron chi connectivity index (χ2n) is 9.99. The minimum absolute atomic E-state index is 0.172. The number of aliphatic imine (C=N–C) groups is 1. The van der Waals surface area contributed by atoms with E-state index in [2.05, 4.69) is 33.0 Å². The Morgan fingerprint density at radius 1 is 1.05 bits per heavy atom. The molecule has 0 radical (unpaired) electrons. The Balaban J connectivity index is 1.42. The first-order chi connectivity index (χ1) is 18.5. The molecule has 1 aromatic heterocycles. The lowest BCUT2D eigenvalue weighted by atomic mass is 10.0. The van der Waals surface area contributed by atoms with Gasteiger partial charge in [0.25, 0.3) is 0 Å². The van der Waals surface area contributed by atoms with Gasteiger partial charge in [-0.05, 0) is 63.7 Å². The van der Waals surface area contributed by atoms with E-state index in [0.29, 0.717) is 12.2 Å². The minimum atomic E-state index is -0.982. The first kappa shape index (κ1) is 25.5. The van der Waals surface area contributed by atoms with E-state index in [9.17, 15) is 4.79 Å². The van der Waals surface area contributed by atoms with E-state index in [4.69, 9.17) is 9.98 Å². The van der Waals surface area contributed by atoms with Gasteiger partial charge in [0.2, 0.25) is 11.7 Å². The Morgan fingerprint density at radius 3 is 2.68 bits per heavy atom. The van der Waals surface area contributed by atoms with Gasteiger partial charge in [-0.1, -0.05) is 36.4 Å². The highest BCUT2D eigenvalue weighted by Crippen LogP contribution is 2.35. The molecular weight excluding hydrogens is 474 g/mol. The molecule has 196 valence electrons. The van der Waals surface area contributed by atoms with Gasteiger partial charge in [-0.2, -0.15) is 0 Å². The fraction of sp³-hybridized carbons (Fsp3) is 0.300. The Morgan fingerprint density at radius 2 is 1.89 bits per heavy atom. The van der Waals surface area contributed by atoms with E-state index in [-0.39, 0.29) is 5.91 Å². The highest BCUT2D eigenvalue weighted by molar-refractivity contribution is 5.99. The second kappa shape index (κ2) is 11.5. The molecule has 2 aliphatic rings. The Kier molecular flexibility index (Phi) is 7.70. The number of piperidine rings is 1. The Hall–Kier alpha value is -4.17. The quantitative estimate of drug-likeness (QED) is 0.375. The maximum Gasteiger partial charge on any atom is 0.248 e. The van der Waals surface area contributed by atoms with Gasteiger partial charge < -0.3 is 25.8 Å². The summed E-state index contributed by atoms with van der Waals surface area (Å²) in [7, 11) is 3.93. The van der Waals surface area contributed by atoms with Gasteiger partial charge in [0.15, 0.2) is 0 Å². The Bertz CT molecular complexity index is 1310. The molecule has 1 amide bonds. The number of fused-ring (bicyclic) bond motifs is 1. The number of rotatable bonds is 8. The highest BCUT2D eigenvalue weighted by atomic mass is 16.1. The minimum Gasteiger partial charge on any atom is -0.357 e. The van der Waals surface area contributed by atoms with Crippen molar-refractivity contribution in [1.29, 1.82) is 0 Å². The zero-order valence-electron chi connectivity index (χ0n) is 22.0. The molecule has 1 saturated heterocycles. The third kappa shape index (κ3) is 6.03. The summed E-state index contributed by atoms with van der Waals surface area (Å²) in [5.74, 6) is -0.153. The number of carbonyl (C=O) groups excluding carboxylic acids is 1. The molecule has 38 heavy (non-hydrogen) atoms. The van der Waals surface area contributed by atoms with Crippen molar-refractivity contribution in [3.8, 4) is 0 Å². The van der Waals surface area contributed by atoms with Crippen LogP contribution in [0.3, 0.4) is 0 Å². The third-order valence-electron chi connectivity index (χ3n) is 6.71. The van der Waals surface area contributed by atoms with Crippen LogP contribution in [-0.4, -0.2) is 55.7 Å². The predicted octanol–water partition coefficient (Wildman–Crippen LogP) is 4.90. The summed E-state index contributed by atoms with van der Waals surface area (Å²) in [5.41, 5.74) is 4.37. The van der Waals surface area contributed by atoms with E-state index in [1.807, 2.05) is 86.0 Å². The lowest BCUT2D eigenvalue weighted by Crippen LogP contribution is -2.43. The Labute approximate surface area is 224 Å². The van der Waals surface area contributed by atoms with Gasteiger partial charge in [0.1, 0.15) is 5.82 Å². The van der Waals surface area contributed by atoms with Crippen LogP contribution in [0.4, 0.5) is 22.9 Å².